The normalized spacial score (nSPS) is 10.8. The first kappa shape index (κ1) is 20.4. The minimum Gasteiger partial charge on any atom is -0.496 e. The van der Waals surface area contributed by atoms with Crippen molar-refractivity contribution in [3.05, 3.63) is 97.7 Å². The molecule has 3 aromatic rings. The predicted molar refractivity (Wildman–Crippen MR) is 107 cm³/mol. The van der Waals surface area contributed by atoms with Crippen LogP contribution in [0.4, 0.5) is 11.5 Å². The number of ether oxygens (including phenoxy) is 1. The van der Waals surface area contributed by atoms with Crippen LogP contribution in [-0.4, -0.2) is 32.5 Å². The third-order valence-corrected chi connectivity index (χ3v) is 4.24. The molecule has 0 unspecified atom stereocenters. The molecule has 0 saturated carbocycles. The molecule has 2 aromatic carbocycles. The van der Waals surface area contributed by atoms with E-state index in [0.29, 0.717) is 16.9 Å². The molecular weight excluding hydrogens is 392 g/mol. The van der Waals surface area contributed by atoms with Crippen LogP contribution >= 0.6 is 0 Å². The Labute approximate surface area is 170 Å². The van der Waals surface area contributed by atoms with E-state index >= 15 is 0 Å². The number of benzene rings is 2. The van der Waals surface area contributed by atoms with Gasteiger partial charge in [-0.1, -0.05) is 24.3 Å². The van der Waals surface area contributed by atoms with Gasteiger partial charge in [-0.15, -0.1) is 0 Å². The van der Waals surface area contributed by atoms with Crippen molar-refractivity contribution in [2.75, 3.05) is 7.11 Å². The van der Waals surface area contributed by atoms with Crippen LogP contribution in [0.15, 0.2) is 60.8 Å². The zero-order chi connectivity index (χ0) is 21.7. The minimum absolute atomic E-state index is 0.00339. The Hall–Kier alpha value is -4.34. The van der Waals surface area contributed by atoms with Gasteiger partial charge in [-0.25, -0.2) is 0 Å². The van der Waals surface area contributed by atoms with Gasteiger partial charge in [0.25, 0.3) is 5.69 Å². The molecule has 0 bridgehead atoms. The van der Waals surface area contributed by atoms with Crippen LogP contribution in [0.3, 0.4) is 0 Å². The third kappa shape index (κ3) is 4.55. The zero-order valence-corrected chi connectivity index (χ0v) is 15.8. The third-order valence-electron chi connectivity index (χ3n) is 4.24. The fraction of sp³-hybridized carbons (Fsp3) is 0.100. The smallest absolute Gasteiger partial charge is 0.389 e. The highest BCUT2D eigenvalue weighted by Crippen LogP contribution is 2.23. The van der Waals surface area contributed by atoms with Crippen molar-refractivity contribution in [3.8, 4) is 5.75 Å². The van der Waals surface area contributed by atoms with Crippen molar-refractivity contribution in [3.63, 3.8) is 0 Å². The highest BCUT2D eigenvalue weighted by atomic mass is 16.6. The molecule has 10 heteroatoms. The van der Waals surface area contributed by atoms with Gasteiger partial charge in [-0.3, -0.25) is 14.9 Å². The minimum atomic E-state index is -0.601. The highest BCUT2D eigenvalue weighted by molar-refractivity contribution is 6.09. The first-order valence-electron chi connectivity index (χ1n) is 8.69. The average molecular weight is 408 g/mol. The number of methoxy groups -OCH3 is 1. The van der Waals surface area contributed by atoms with E-state index in [1.165, 1.54) is 54.4 Å². The lowest BCUT2D eigenvalue weighted by Crippen LogP contribution is -2.04. The van der Waals surface area contributed by atoms with E-state index in [1.54, 1.807) is 24.3 Å². The van der Waals surface area contributed by atoms with Crippen LogP contribution in [0, 0.1) is 20.2 Å². The van der Waals surface area contributed by atoms with Crippen LogP contribution < -0.4 is 4.74 Å². The van der Waals surface area contributed by atoms with E-state index in [-0.39, 0.29) is 23.6 Å². The van der Waals surface area contributed by atoms with Gasteiger partial charge in [0.05, 0.1) is 41.5 Å². The molecule has 10 nitrogen and oxygen atoms in total. The summed E-state index contributed by atoms with van der Waals surface area (Å²) in [6, 6.07) is 12.2. The van der Waals surface area contributed by atoms with Gasteiger partial charge in [0.1, 0.15) is 5.75 Å². The molecule has 0 amide bonds. The molecular formula is C20H16N4O6. The lowest BCUT2D eigenvalue weighted by molar-refractivity contribution is -0.389. The number of carbonyl (C=O) groups excluding carboxylic acids is 1. The number of allylic oxidation sites excluding steroid dienone is 1. The Kier molecular flexibility index (Phi) is 5.97. The molecule has 3 rings (SSSR count). The maximum atomic E-state index is 12.4. The second-order valence-corrected chi connectivity index (χ2v) is 6.17. The van der Waals surface area contributed by atoms with Crippen molar-refractivity contribution in [2.45, 2.75) is 6.54 Å². The molecule has 0 N–H and O–H groups in total. The Balaban J connectivity index is 1.84. The number of nitrogens with zero attached hydrogens (tertiary/aromatic N) is 4. The van der Waals surface area contributed by atoms with Gasteiger partial charge >= 0.3 is 5.82 Å². The average Bonchev–Trinajstić information content (AvgIpc) is 3.21. The van der Waals surface area contributed by atoms with Crippen molar-refractivity contribution < 1.29 is 19.4 Å². The van der Waals surface area contributed by atoms with Crippen molar-refractivity contribution >= 4 is 23.4 Å². The number of rotatable bonds is 8. The molecule has 0 saturated heterocycles. The summed E-state index contributed by atoms with van der Waals surface area (Å²) in [7, 11) is 1.50. The van der Waals surface area contributed by atoms with Crippen LogP contribution in [-0.2, 0) is 6.54 Å². The number of nitro benzene ring substituents is 1. The van der Waals surface area contributed by atoms with E-state index in [1.807, 2.05) is 0 Å². The lowest BCUT2D eigenvalue weighted by Gasteiger charge is -2.08. The molecule has 0 radical (unpaired) electrons. The van der Waals surface area contributed by atoms with Crippen molar-refractivity contribution in [1.29, 1.82) is 0 Å². The summed E-state index contributed by atoms with van der Waals surface area (Å²) in [4.78, 5) is 33.1. The van der Waals surface area contributed by atoms with Gasteiger partial charge < -0.3 is 14.9 Å². The number of hydrogen-bond acceptors (Lipinski definition) is 7. The first-order chi connectivity index (χ1) is 14.4. The molecule has 0 aliphatic heterocycles. The SMILES string of the molecule is COc1ccc(/C=C/C(=O)c2ccccc2[N+](=O)[O-])cc1Cn1ccc([N+](=O)[O-])n1. The van der Waals surface area contributed by atoms with E-state index < -0.39 is 15.6 Å². The number of hydrogen-bond donors (Lipinski definition) is 0. The van der Waals surface area contributed by atoms with Gasteiger partial charge in [-0.2, -0.15) is 4.68 Å². The van der Waals surface area contributed by atoms with Crippen LogP contribution in [0.5, 0.6) is 5.75 Å². The monoisotopic (exact) mass is 408 g/mol. The predicted octanol–water partition coefficient (Wildman–Crippen LogP) is 3.65. The van der Waals surface area contributed by atoms with Crippen LogP contribution in [0.2, 0.25) is 0 Å². The molecule has 30 heavy (non-hydrogen) atoms. The van der Waals surface area contributed by atoms with E-state index in [2.05, 4.69) is 5.10 Å². The standard InChI is InChI=1S/C20H16N4O6/c1-30-19-9-7-14(12-15(19)13-22-11-10-20(21-22)24(28)29)6-8-18(25)16-4-2-3-5-17(16)23(26)27/h2-12H,13H2,1H3/b8-6+. The highest BCUT2D eigenvalue weighted by Gasteiger charge is 2.17. The summed E-state index contributed by atoms with van der Waals surface area (Å²) in [6.45, 7) is 0.219. The molecule has 0 fully saturated rings. The summed E-state index contributed by atoms with van der Waals surface area (Å²) in [6.07, 6.45) is 4.28. The second-order valence-electron chi connectivity index (χ2n) is 6.17. The topological polar surface area (TPSA) is 130 Å². The Morgan fingerprint density at radius 2 is 1.90 bits per heavy atom. The van der Waals surface area contributed by atoms with Gasteiger partial charge in [0.2, 0.25) is 0 Å². The molecule has 0 atom stereocenters. The first-order valence-corrected chi connectivity index (χ1v) is 8.69. The molecule has 0 spiro atoms. The van der Waals surface area contributed by atoms with Gasteiger partial charge in [0, 0.05) is 11.6 Å². The molecule has 0 aliphatic carbocycles. The largest absolute Gasteiger partial charge is 0.496 e. The van der Waals surface area contributed by atoms with Crippen molar-refractivity contribution in [1.82, 2.24) is 9.78 Å². The van der Waals surface area contributed by atoms with Gasteiger partial charge in [-0.05, 0) is 34.8 Å². The van der Waals surface area contributed by atoms with E-state index in [4.69, 9.17) is 4.74 Å². The summed E-state index contributed by atoms with van der Waals surface area (Å²) in [5.74, 6) is -0.210. The summed E-state index contributed by atoms with van der Waals surface area (Å²) in [5, 5.41) is 25.8. The molecule has 1 heterocycles. The maximum Gasteiger partial charge on any atom is 0.389 e. The molecule has 1 aromatic heterocycles. The Bertz CT molecular complexity index is 1150. The Morgan fingerprint density at radius 1 is 1.13 bits per heavy atom. The zero-order valence-electron chi connectivity index (χ0n) is 15.8. The molecule has 152 valence electrons. The van der Waals surface area contributed by atoms with Gasteiger partial charge in [0.15, 0.2) is 5.78 Å². The molecule has 0 aliphatic rings. The summed E-state index contributed by atoms with van der Waals surface area (Å²) in [5.41, 5.74) is 1.08. The van der Waals surface area contributed by atoms with Crippen LogP contribution in [0.25, 0.3) is 6.08 Å². The lowest BCUT2D eigenvalue weighted by atomic mass is 10.1. The number of aromatic nitrogens is 2. The fourth-order valence-electron chi connectivity index (χ4n) is 2.84. The number of nitro groups is 2. The summed E-state index contributed by atoms with van der Waals surface area (Å²) < 4.78 is 6.73. The quantitative estimate of drug-likeness (QED) is 0.241. The number of para-hydroxylation sites is 1. The number of ketones is 1. The number of carbonyl (C=O) groups is 1. The summed E-state index contributed by atoms with van der Waals surface area (Å²) >= 11 is 0. The second kappa shape index (κ2) is 8.78. The Morgan fingerprint density at radius 3 is 2.57 bits per heavy atom. The van der Waals surface area contributed by atoms with Crippen molar-refractivity contribution in [2.24, 2.45) is 0 Å². The fourth-order valence-corrected chi connectivity index (χ4v) is 2.84. The van der Waals surface area contributed by atoms with E-state index in [9.17, 15) is 25.0 Å². The maximum absolute atomic E-state index is 12.4. The van der Waals surface area contributed by atoms with E-state index in [0.717, 1.165) is 0 Å². The van der Waals surface area contributed by atoms with Crippen LogP contribution in [0.1, 0.15) is 21.5 Å².